The highest BCUT2D eigenvalue weighted by molar-refractivity contribution is 14.0. The predicted molar refractivity (Wildman–Crippen MR) is 112 cm³/mol. The molecule has 9 heteroatoms. The normalized spacial score (nSPS) is 17.9. The van der Waals surface area contributed by atoms with E-state index in [0.717, 1.165) is 37.7 Å². The first kappa shape index (κ1) is 20.7. The Kier molecular flexibility index (Phi) is 7.88. The van der Waals surface area contributed by atoms with Crippen LogP contribution in [0.3, 0.4) is 0 Å². The van der Waals surface area contributed by atoms with Crippen molar-refractivity contribution in [3.05, 3.63) is 35.9 Å². The third-order valence-electron chi connectivity index (χ3n) is 4.15. The van der Waals surface area contributed by atoms with Crippen molar-refractivity contribution < 1.29 is 4.74 Å². The maximum absolute atomic E-state index is 5.92. The van der Waals surface area contributed by atoms with Gasteiger partial charge in [0.05, 0.1) is 38.6 Å². The van der Waals surface area contributed by atoms with E-state index < -0.39 is 0 Å². The van der Waals surface area contributed by atoms with Gasteiger partial charge in [0.2, 0.25) is 0 Å². The van der Waals surface area contributed by atoms with Crippen LogP contribution in [0, 0.1) is 6.92 Å². The van der Waals surface area contributed by atoms with Gasteiger partial charge >= 0.3 is 0 Å². The Morgan fingerprint density at radius 2 is 2.19 bits per heavy atom. The Bertz CT molecular complexity index is 712. The molecule has 1 atom stereocenters. The number of rotatable bonds is 5. The van der Waals surface area contributed by atoms with Gasteiger partial charge in [-0.3, -0.25) is 14.4 Å². The molecule has 0 radical (unpaired) electrons. The fourth-order valence-corrected chi connectivity index (χ4v) is 2.92. The number of hydrogen-bond acceptors (Lipinski definition) is 4. The molecule has 0 bridgehead atoms. The molecule has 1 N–H and O–H groups in total. The molecular formula is C17H28IN7O. The Morgan fingerprint density at radius 1 is 1.35 bits per heavy atom. The Morgan fingerprint density at radius 3 is 2.85 bits per heavy atom. The van der Waals surface area contributed by atoms with Crippen molar-refractivity contribution in [3.63, 3.8) is 0 Å². The number of aryl methyl sites for hydroxylation is 2. The van der Waals surface area contributed by atoms with Crippen LogP contribution in [0.25, 0.3) is 0 Å². The third kappa shape index (κ3) is 5.44. The van der Waals surface area contributed by atoms with Gasteiger partial charge in [0.1, 0.15) is 6.10 Å². The second-order valence-electron chi connectivity index (χ2n) is 6.27. The number of morpholine rings is 1. The number of ether oxygens (including phenoxy) is 1. The zero-order valence-corrected chi connectivity index (χ0v) is 18.0. The highest BCUT2D eigenvalue weighted by Gasteiger charge is 2.25. The topological polar surface area (TPSA) is 72.5 Å². The molecule has 1 aliphatic heterocycles. The summed E-state index contributed by atoms with van der Waals surface area (Å²) in [5, 5.41) is 11.9. The average Bonchev–Trinajstić information content (AvgIpc) is 3.23. The molecule has 1 unspecified atom stereocenters. The van der Waals surface area contributed by atoms with E-state index in [9.17, 15) is 0 Å². The van der Waals surface area contributed by atoms with Crippen LogP contribution in [0.15, 0.2) is 29.8 Å². The second-order valence-corrected chi connectivity index (χ2v) is 6.27. The Hall–Kier alpha value is -1.62. The summed E-state index contributed by atoms with van der Waals surface area (Å²) in [6, 6.07) is 0. The number of halogens is 1. The fourth-order valence-electron chi connectivity index (χ4n) is 2.92. The third-order valence-corrected chi connectivity index (χ3v) is 4.15. The number of guanidine groups is 1. The molecule has 0 aliphatic carbocycles. The molecule has 1 saturated heterocycles. The molecular weight excluding hydrogens is 445 g/mol. The van der Waals surface area contributed by atoms with Gasteiger partial charge in [0.25, 0.3) is 0 Å². The van der Waals surface area contributed by atoms with E-state index in [2.05, 4.69) is 27.3 Å². The molecule has 1 aliphatic rings. The molecule has 2 aromatic rings. The van der Waals surface area contributed by atoms with Crippen LogP contribution in [0.5, 0.6) is 0 Å². The van der Waals surface area contributed by atoms with Crippen LogP contribution >= 0.6 is 24.0 Å². The van der Waals surface area contributed by atoms with E-state index >= 15 is 0 Å². The van der Waals surface area contributed by atoms with Gasteiger partial charge in [-0.2, -0.15) is 10.2 Å². The maximum Gasteiger partial charge on any atom is 0.194 e. The molecule has 0 saturated carbocycles. The van der Waals surface area contributed by atoms with E-state index in [1.54, 1.807) is 0 Å². The minimum absolute atomic E-state index is 0. The van der Waals surface area contributed by atoms with Gasteiger partial charge in [0.15, 0.2) is 5.96 Å². The van der Waals surface area contributed by atoms with Gasteiger partial charge in [-0.25, -0.2) is 0 Å². The van der Waals surface area contributed by atoms with Gasteiger partial charge in [-0.05, 0) is 19.4 Å². The fraction of sp³-hybridized carbons (Fsp3) is 0.588. The van der Waals surface area contributed by atoms with E-state index in [1.165, 1.54) is 5.56 Å². The van der Waals surface area contributed by atoms with Gasteiger partial charge < -0.3 is 15.0 Å². The summed E-state index contributed by atoms with van der Waals surface area (Å²) in [7, 11) is 1.92. The second kappa shape index (κ2) is 9.91. The predicted octanol–water partition coefficient (Wildman–Crippen LogP) is 1.58. The SMILES string of the molecule is CCNC(=NCCn1cc(C)cn1)N1CCOC(c2cnn(C)c2)C1.I. The largest absolute Gasteiger partial charge is 0.370 e. The lowest BCUT2D eigenvalue weighted by Gasteiger charge is -2.34. The average molecular weight is 473 g/mol. The minimum atomic E-state index is 0. The van der Waals surface area contributed by atoms with Crippen molar-refractivity contribution in [2.75, 3.05) is 32.8 Å². The summed E-state index contributed by atoms with van der Waals surface area (Å²) in [4.78, 5) is 7.03. The van der Waals surface area contributed by atoms with E-state index in [-0.39, 0.29) is 30.1 Å². The number of hydrogen-bond donors (Lipinski definition) is 1. The van der Waals surface area contributed by atoms with Gasteiger partial charge in [0, 0.05) is 38.1 Å². The lowest BCUT2D eigenvalue weighted by atomic mass is 10.1. The first-order valence-electron chi connectivity index (χ1n) is 8.78. The summed E-state index contributed by atoms with van der Waals surface area (Å²) in [5.41, 5.74) is 2.28. The molecule has 144 valence electrons. The first-order valence-corrected chi connectivity index (χ1v) is 8.78. The molecule has 0 spiro atoms. The Balaban J connectivity index is 0.00000243. The molecule has 3 rings (SSSR count). The lowest BCUT2D eigenvalue weighted by Crippen LogP contribution is -2.48. The van der Waals surface area contributed by atoms with Crippen molar-refractivity contribution in [2.45, 2.75) is 26.5 Å². The molecule has 8 nitrogen and oxygen atoms in total. The highest BCUT2D eigenvalue weighted by Crippen LogP contribution is 2.21. The first-order chi connectivity index (χ1) is 12.2. The maximum atomic E-state index is 5.92. The van der Waals surface area contributed by atoms with Crippen molar-refractivity contribution in [1.82, 2.24) is 29.8 Å². The standard InChI is InChI=1S/C17H27N7O.HI/c1-4-18-17(19-5-6-24-11-14(2)9-21-24)23-7-8-25-16(13-23)15-10-20-22(3)12-15;/h9-12,16H,4-8,13H2,1-3H3,(H,18,19);1H. The summed E-state index contributed by atoms with van der Waals surface area (Å²) < 4.78 is 9.66. The van der Waals surface area contributed by atoms with Crippen molar-refractivity contribution in [3.8, 4) is 0 Å². The highest BCUT2D eigenvalue weighted by atomic mass is 127. The van der Waals surface area contributed by atoms with E-state index in [1.807, 2.05) is 48.1 Å². The molecule has 2 aromatic heterocycles. The minimum Gasteiger partial charge on any atom is -0.370 e. The monoisotopic (exact) mass is 473 g/mol. The number of aliphatic imine (C=N–C) groups is 1. The smallest absolute Gasteiger partial charge is 0.194 e. The van der Waals surface area contributed by atoms with Crippen LogP contribution in [0.4, 0.5) is 0 Å². The van der Waals surface area contributed by atoms with Crippen LogP contribution in [0.2, 0.25) is 0 Å². The quantitative estimate of drug-likeness (QED) is 0.406. The van der Waals surface area contributed by atoms with Crippen molar-refractivity contribution in [2.24, 2.45) is 12.0 Å². The number of nitrogens with one attached hydrogen (secondary N) is 1. The molecule has 26 heavy (non-hydrogen) atoms. The summed E-state index contributed by atoms with van der Waals surface area (Å²) in [5.74, 6) is 0.934. The summed E-state index contributed by atoms with van der Waals surface area (Å²) in [6.07, 6.45) is 7.82. The number of aromatic nitrogens is 4. The van der Waals surface area contributed by atoms with Crippen LogP contribution in [-0.4, -0.2) is 63.2 Å². The lowest BCUT2D eigenvalue weighted by molar-refractivity contribution is -0.00804. The van der Waals surface area contributed by atoms with Crippen LogP contribution in [0.1, 0.15) is 24.2 Å². The van der Waals surface area contributed by atoms with Gasteiger partial charge in [-0.15, -0.1) is 24.0 Å². The van der Waals surface area contributed by atoms with Gasteiger partial charge in [-0.1, -0.05) is 0 Å². The molecule has 3 heterocycles. The Labute approximate surface area is 171 Å². The number of nitrogens with zero attached hydrogens (tertiary/aromatic N) is 6. The zero-order chi connectivity index (χ0) is 17.6. The summed E-state index contributed by atoms with van der Waals surface area (Å²) in [6.45, 7) is 8.74. The van der Waals surface area contributed by atoms with Crippen molar-refractivity contribution in [1.29, 1.82) is 0 Å². The molecule has 0 amide bonds. The molecule has 0 aromatic carbocycles. The zero-order valence-electron chi connectivity index (χ0n) is 15.6. The summed E-state index contributed by atoms with van der Waals surface area (Å²) >= 11 is 0. The van der Waals surface area contributed by atoms with Crippen LogP contribution < -0.4 is 5.32 Å². The van der Waals surface area contributed by atoms with E-state index in [0.29, 0.717) is 13.2 Å². The van der Waals surface area contributed by atoms with Crippen molar-refractivity contribution >= 4 is 29.9 Å². The van der Waals surface area contributed by atoms with E-state index in [4.69, 9.17) is 9.73 Å². The molecule has 1 fully saturated rings. The van der Waals surface area contributed by atoms with Crippen LogP contribution in [-0.2, 0) is 18.3 Å².